The molecule has 6 nitrogen and oxygen atoms in total. The third kappa shape index (κ3) is 4.60. The van der Waals surface area contributed by atoms with Gasteiger partial charge >= 0.3 is 0 Å². The number of carbonyl (C=O) groups is 2. The minimum absolute atomic E-state index is 0.0134. The number of likely N-dealkylation sites (N-methyl/N-ethyl adjacent to an activating group) is 1. The number of fused-ring (bicyclic) bond motifs is 2. The number of pyridine rings is 1. The van der Waals surface area contributed by atoms with Gasteiger partial charge in [0.05, 0.1) is 30.4 Å². The molecule has 0 unspecified atom stereocenters. The zero-order chi connectivity index (χ0) is 23.4. The van der Waals surface area contributed by atoms with Crippen LogP contribution in [0.3, 0.4) is 0 Å². The second kappa shape index (κ2) is 9.86. The van der Waals surface area contributed by atoms with Crippen molar-refractivity contribution in [1.82, 2.24) is 15.2 Å². The maximum Gasteiger partial charge on any atom is 0.252 e. The van der Waals surface area contributed by atoms with E-state index < -0.39 is 0 Å². The smallest absolute Gasteiger partial charge is 0.252 e. The number of aromatic nitrogens is 1. The Morgan fingerprint density at radius 3 is 2.48 bits per heavy atom. The Bertz CT molecular complexity index is 1210. The highest BCUT2D eigenvalue weighted by molar-refractivity contribution is 6.10. The summed E-state index contributed by atoms with van der Waals surface area (Å²) in [7, 11) is 1.65. The standard InChI is InChI=1S/C27H29N3O3/c1-4-30(5-2)24(31)17-28-27(32)25-21-8-6-7-9-23(21)29-26-19(12-15-22(25)26)16-18-10-13-20(33-3)14-11-18/h6-11,13-14,16H,4-5,12,15,17H2,1-3H3,(H,28,32)/b19-16-. The number of allylic oxidation sites excluding steroid dienone is 1. The highest BCUT2D eigenvalue weighted by Gasteiger charge is 2.27. The number of para-hydroxylation sites is 1. The molecule has 1 aromatic heterocycles. The van der Waals surface area contributed by atoms with Gasteiger partial charge in [-0.15, -0.1) is 0 Å². The average Bonchev–Trinajstić information content (AvgIpc) is 3.24. The van der Waals surface area contributed by atoms with Crippen molar-refractivity contribution in [3.63, 3.8) is 0 Å². The number of hydrogen-bond acceptors (Lipinski definition) is 4. The Kier molecular flexibility index (Phi) is 6.73. The van der Waals surface area contributed by atoms with Gasteiger partial charge < -0.3 is 15.0 Å². The molecule has 0 saturated heterocycles. The fourth-order valence-electron chi connectivity index (χ4n) is 4.37. The lowest BCUT2D eigenvalue weighted by Gasteiger charge is -2.19. The minimum atomic E-state index is -0.226. The molecule has 0 spiro atoms. The summed E-state index contributed by atoms with van der Waals surface area (Å²) in [5.74, 6) is 0.505. The van der Waals surface area contributed by atoms with Gasteiger partial charge in [-0.05, 0) is 67.7 Å². The summed E-state index contributed by atoms with van der Waals surface area (Å²) in [4.78, 5) is 32.4. The van der Waals surface area contributed by atoms with Gasteiger partial charge in [-0.3, -0.25) is 9.59 Å². The van der Waals surface area contributed by atoms with Gasteiger partial charge in [-0.1, -0.05) is 30.3 Å². The van der Waals surface area contributed by atoms with Crippen LogP contribution in [-0.2, 0) is 11.2 Å². The molecule has 33 heavy (non-hydrogen) atoms. The molecule has 1 heterocycles. The van der Waals surface area contributed by atoms with E-state index in [0.29, 0.717) is 18.7 Å². The van der Waals surface area contributed by atoms with Gasteiger partial charge in [0, 0.05) is 18.5 Å². The van der Waals surface area contributed by atoms with Gasteiger partial charge in [0.2, 0.25) is 5.91 Å². The van der Waals surface area contributed by atoms with Crippen molar-refractivity contribution in [3.05, 3.63) is 70.9 Å². The number of nitrogens with zero attached hydrogens (tertiary/aromatic N) is 2. The Hall–Kier alpha value is -3.67. The van der Waals surface area contributed by atoms with E-state index >= 15 is 0 Å². The molecule has 170 valence electrons. The molecule has 0 atom stereocenters. The number of amides is 2. The Morgan fingerprint density at radius 1 is 1.06 bits per heavy atom. The van der Waals surface area contributed by atoms with Crippen LogP contribution >= 0.6 is 0 Å². The summed E-state index contributed by atoms with van der Waals surface area (Å²) in [5, 5.41) is 3.67. The van der Waals surface area contributed by atoms with Crippen LogP contribution in [-0.4, -0.2) is 48.4 Å². The molecule has 1 aliphatic rings. The average molecular weight is 444 g/mol. The van der Waals surface area contributed by atoms with Crippen LogP contribution in [0, 0.1) is 0 Å². The summed E-state index contributed by atoms with van der Waals surface area (Å²) < 4.78 is 5.25. The second-order valence-electron chi connectivity index (χ2n) is 8.02. The maximum absolute atomic E-state index is 13.3. The van der Waals surface area contributed by atoms with Crippen molar-refractivity contribution in [2.24, 2.45) is 0 Å². The lowest BCUT2D eigenvalue weighted by Crippen LogP contribution is -2.40. The van der Waals surface area contributed by atoms with Crippen LogP contribution in [0.1, 0.15) is 47.4 Å². The minimum Gasteiger partial charge on any atom is -0.497 e. The van der Waals surface area contributed by atoms with E-state index in [0.717, 1.165) is 51.9 Å². The van der Waals surface area contributed by atoms with Gasteiger partial charge in [-0.25, -0.2) is 4.98 Å². The number of ether oxygens (including phenoxy) is 1. The highest BCUT2D eigenvalue weighted by Crippen LogP contribution is 2.37. The first-order chi connectivity index (χ1) is 16.0. The monoisotopic (exact) mass is 443 g/mol. The molecule has 0 fully saturated rings. The molecule has 0 aliphatic heterocycles. The van der Waals surface area contributed by atoms with Crippen LogP contribution in [0.25, 0.3) is 22.6 Å². The van der Waals surface area contributed by atoms with Crippen LogP contribution in [0.4, 0.5) is 0 Å². The summed E-state index contributed by atoms with van der Waals surface area (Å²) >= 11 is 0. The summed E-state index contributed by atoms with van der Waals surface area (Å²) in [6, 6.07) is 15.6. The van der Waals surface area contributed by atoms with Crippen molar-refractivity contribution >= 4 is 34.4 Å². The largest absolute Gasteiger partial charge is 0.497 e. The molecule has 0 radical (unpaired) electrons. The topological polar surface area (TPSA) is 71.5 Å². The Morgan fingerprint density at radius 2 is 1.79 bits per heavy atom. The molecule has 2 amide bonds. The van der Waals surface area contributed by atoms with E-state index in [9.17, 15) is 9.59 Å². The summed E-state index contributed by atoms with van der Waals surface area (Å²) in [5.41, 5.74) is 5.38. The molecule has 6 heteroatoms. The molecule has 4 rings (SSSR count). The maximum atomic E-state index is 13.3. The number of hydrogen-bond donors (Lipinski definition) is 1. The second-order valence-corrected chi connectivity index (χ2v) is 8.02. The highest BCUT2D eigenvalue weighted by atomic mass is 16.5. The fraction of sp³-hybridized carbons (Fsp3) is 0.296. The van der Waals surface area contributed by atoms with Crippen molar-refractivity contribution in [3.8, 4) is 5.75 Å². The normalized spacial score (nSPS) is 13.7. The summed E-state index contributed by atoms with van der Waals surface area (Å²) in [6.45, 7) is 5.10. The van der Waals surface area contributed by atoms with Gasteiger partial charge in [0.25, 0.3) is 5.91 Å². The van der Waals surface area contributed by atoms with Crippen molar-refractivity contribution in [2.45, 2.75) is 26.7 Å². The molecule has 0 bridgehead atoms. The van der Waals surface area contributed by atoms with E-state index in [2.05, 4.69) is 11.4 Å². The van der Waals surface area contributed by atoms with Crippen molar-refractivity contribution in [1.29, 1.82) is 0 Å². The SMILES string of the molecule is CCN(CC)C(=O)CNC(=O)c1c2c(nc3ccccc13)/C(=C\c1ccc(OC)cc1)CC2. The van der Waals surface area contributed by atoms with Crippen molar-refractivity contribution < 1.29 is 14.3 Å². The van der Waals surface area contributed by atoms with Gasteiger partial charge in [0.15, 0.2) is 0 Å². The Labute approximate surface area is 194 Å². The fourth-order valence-corrected chi connectivity index (χ4v) is 4.37. The lowest BCUT2D eigenvalue weighted by molar-refractivity contribution is -0.129. The van der Waals surface area contributed by atoms with Crippen LogP contribution < -0.4 is 10.1 Å². The number of benzene rings is 2. The van der Waals surface area contributed by atoms with Crippen LogP contribution in [0.2, 0.25) is 0 Å². The third-order valence-corrected chi connectivity index (χ3v) is 6.14. The number of carbonyl (C=O) groups excluding carboxylic acids is 2. The number of nitrogens with one attached hydrogen (secondary N) is 1. The molecular formula is C27H29N3O3. The molecule has 3 aromatic rings. The van der Waals surface area contributed by atoms with E-state index in [1.165, 1.54) is 0 Å². The van der Waals surface area contributed by atoms with Crippen molar-refractivity contribution in [2.75, 3.05) is 26.7 Å². The van der Waals surface area contributed by atoms with Crippen LogP contribution in [0.15, 0.2) is 48.5 Å². The molecular weight excluding hydrogens is 414 g/mol. The van der Waals surface area contributed by atoms with E-state index in [4.69, 9.17) is 9.72 Å². The molecule has 1 aliphatic carbocycles. The Balaban J connectivity index is 1.70. The van der Waals surface area contributed by atoms with E-state index in [-0.39, 0.29) is 18.4 Å². The third-order valence-electron chi connectivity index (χ3n) is 6.14. The first-order valence-electron chi connectivity index (χ1n) is 11.4. The van der Waals surface area contributed by atoms with E-state index in [1.807, 2.05) is 62.4 Å². The lowest BCUT2D eigenvalue weighted by atomic mass is 10.00. The van der Waals surface area contributed by atoms with E-state index in [1.54, 1.807) is 12.0 Å². The predicted octanol–water partition coefficient (Wildman–Crippen LogP) is 4.33. The first kappa shape index (κ1) is 22.5. The quantitative estimate of drug-likeness (QED) is 0.590. The number of methoxy groups -OCH3 is 1. The van der Waals surface area contributed by atoms with Crippen LogP contribution in [0.5, 0.6) is 5.75 Å². The predicted molar refractivity (Wildman–Crippen MR) is 131 cm³/mol. The first-order valence-corrected chi connectivity index (χ1v) is 11.4. The summed E-state index contributed by atoms with van der Waals surface area (Å²) in [6.07, 6.45) is 3.67. The zero-order valence-corrected chi connectivity index (χ0v) is 19.4. The van der Waals surface area contributed by atoms with Gasteiger partial charge in [0.1, 0.15) is 5.75 Å². The number of rotatable bonds is 7. The molecule has 2 aromatic carbocycles. The molecule has 0 saturated carbocycles. The zero-order valence-electron chi connectivity index (χ0n) is 19.4. The molecule has 1 N–H and O–H groups in total. The van der Waals surface area contributed by atoms with Gasteiger partial charge in [-0.2, -0.15) is 0 Å².